The molecule has 0 saturated carbocycles. The monoisotopic (exact) mass is 702 g/mol. The standard InChI is InChI=1S/C20H18Br4O8/c1-9(2)17(25)29-5-7-31-19(27)11-12(14(22)16(24)15(23)13(11)21)20(28)32-8-6-30-18(26)10(3)4/h1,3,5-8H2,2,4H3. The van der Waals surface area contributed by atoms with Crippen LogP contribution in [0.2, 0.25) is 0 Å². The summed E-state index contributed by atoms with van der Waals surface area (Å²) in [7, 11) is 0. The number of esters is 4. The molecule has 0 fully saturated rings. The predicted octanol–water partition coefficient (Wildman–Crippen LogP) is 5.29. The van der Waals surface area contributed by atoms with E-state index in [2.05, 4.69) is 76.9 Å². The third-order valence-electron chi connectivity index (χ3n) is 3.47. The molecule has 0 unspecified atom stereocenters. The first-order valence-corrected chi connectivity index (χ1v) is 11.9. The molecule has 0 aliphatic carbocycles. The minimum atomic E-state index is -0.863. The minimum absolute atomic E-state index is 0.123. The molecule has 0 atom stereocenters. The lowest BCUT2D eigenvalue weighted by atomic mass is 10.1. The third kappa shape index (κ3) is 7.82. The van der Waals surface area contributed by atoms with E-state index in [1.165, 1.54) is 13.8 Å². The van der Waals surface area contributed by atoms with Crippen LogP contribution in [0.3, 0.4) is 0 Å². The largest absolute Gasteiger partial charge is 0.459 e. The van der Waals surface area contributed by atoms with Crippen molar-refractivity contribution in [3.05, 3.63) is 53.3 Å². The van der Waals surface area contributed by atoms with Crippen LogP contribution in [0, 0.1) is 0 Å². The van der Waals surface area contributed by atoms with Crippen molar-refractivity contribution in [2.24, 2.45) is 0 Å². The van der Waals surface area contributed by atoms with Crippen LogP contribution < -0.4 is 0 Å². The van der Waals surface area contributed by atoms with Crippen LogP contribution in [0.5, 0.6) is 0 Å². The van der Waals surface area contributed by atoms with Gasteiger partial charge in [-0.1, -0.05) is 13.2 Å². The van der Waals surface area contributed by atoms with Crippen molar-refractivity contribution < 1.29 is 38.1 Å². The van der Waals surface area contributed by atoms with Gasteiger partial charge in [-0.15, -0.1) is 0 Å². The first kappa shape index (κ1) is 28.5. The molecular formula is C20H18Br4O8. The summed E-state index contributed by atoms with van der Waals surface area (Å²) in [5.74, 6) is -2.96. The zero-order chi connectivity index (χ0) is 24.6. The van der Waals surface area contributed by atoms with Gasteiger partial charge in [0.2, 0.25) is 0 Å². The highest BCUT2D eigenvalue weighted by atomic mass is 79.9. The van der Waals surface area contributed by atoms with E-state index in [0.717, 1.165) is 0 Å². The first-order valence-electron chi connectivity index (χ1n) is 8.75. The van der Waals surface area contributed by atoms with Crippen molar-refractivity contribution in [1.29, 1.82) is 0 Å². The fourth-order valence-corrected chi connectivity index (χ4v) is 4.39. The molecule has 174 valence electrons. The Balaban J connectivity index is 3.01. The predicted molar refractivity (Wildman–Crippen MR) is 129 cm³/mol. The number of ether oxygens (including phenoxy) is 4. The number of carbonyl (C=O) groups is 4. The van der Waals surface area contributed by atoms with Crippen LogP contribution in [0.4, 0.5) is 0 Å². The maximum atomic E-state index is 12.7. The Hall–Kier alpha value is -1.50. The Labute approximate surface area is 218 Å². The normalized spacial score (nSPS) is 10.2. The SMILES string of the molecule is C=C(C)C(=O)OCCOC(=O)c1c(Br)c(Br)c(Br)c(Br)c1C(=O)OCCOC(=O)C(=C)C. The van der Waals surface area contributed by atoms with Crippen molar-refractivity contribution >= 4 is 87.6 Å². The molecule has 0 aliphatic rings. The van der Waals surface area contributed by atoms with Gasteiger partial charge in [0.25, 0.3) is 0 Å². The molecule has 0 bridgehead atoms. The van der Waals surface area contributed by atoms with E-state index in [4.69, 9.17) is 18.9 Å². The van der Waals surface area contributed by atoms with Gasteiger partial charge < -0.3 is 18.9 Å². The number of halogens is 4. The van der Waals surface area contributed by atoms with E-state index in [-0.39, 0.29) is 57.6 Å². The van der Waals surface area contributed by atoms with E-state index in [1.807, 2.05) is 0 Å². The molecule has 0 saturated heterocycles. The Morgan fingerprint density at radius 3 is 1.16 bits per heavy atom. The van der Waals surface area contributed by atoms with Crippen molar-refractivity contribution in [3.8, 4) is 0 Å². The van der Waals surface area contributed by atoms with Crippen LogP contribution in [-0.2, 0) is 28.5 Å². The summed E-state index contributed by atoms with van der Waals surface area (Å²) in [6.45, 7) is 8.99. The number of carbonyl (C=O) groups excluding carboxylic acids is 4. The fourth-order valence-electron chi connectivity index (χ4n) is 1.94. The van der Waals surface area contributed by atoms with Gasteiger partial charge in [0, 0.05) is 29.0 Å². The van der Waals surface area contributed by atoms with Crippen LogP contribution >= 0.6 is 63.7 Å². The molecule has 12 heteroatoms. The number of hydrogen-bond donors (Lipinski definition) is 0. The van der Waals surface area contributed by atoms with Gasteiger partial charge in [-0.05, 0) is 77.6 Å². The zero-order valence-corrected chi connectivity index (χ0v) is 23.4. The maximum Gasteiger partial charge on any atom is 0.340 e. The number of hydrogen-bond acceptors (Lipinski definition) is 8. The van der Waals surface area contributed by atoms with Gasteiger partial charge in [0.15, 0.2) is 0 Å². The summed E-state index contributed by atoms with van der Waals surface area (Å²) in [6, 6.07) is 0. The lowest BCUT2D eigenvalue weighted by Crippen LogP contribution is -2.20. The molecule has 0 aliphatic heterocycles. The summed E-state index contributed by atoms with van der Waals surface area (Å²) < 4.78 is 21.4. The van der Waals surface area contributed by atoms with Crippen LogP contribution in [0.15, 0.2) is 42.2 Å². The highest BCUT2D eigenvalue weighted by Gasteiger charge is 2.30. The summed E-state index contributed by atoms with van der Waals surface area (Å²) in [5.41, 5.74) is 0.168. The zero-order valence-electron chi connectivity index (χ0n) is 17.0. The second kappa shape index (κ2) is 13.3. The van der Waals surface area contributed by atoms with Gasteiger partial charge >= 0.3 is 23.9 Å². The van der Waals surface area contributed by atoms with E-state index in [0.29, 0.717) is 8.95 Å². The molecule has 0 spiro atoms. The Morgan fingerprint density at radius 1 is 0.594 bits per heavy atom. The Bertz CT molecular complexity index is 894. The van der Waals surface area contributed by atoms with Crippen LogP contribution in [-0.4, -0.2) is 50.3 Å². The maximum absolute atomic E-state index is 12.7. The van der Waals surface area contributed by atoms with Crippen LogP contribution in [0.25, 0.3) is 0 Å². The third-order valence-corrected chi connectivity index (χ3v) is 8.24. The summed E-state index contributed by atoms with van der Waals surface area (Å²) in [6.07, 6.45) is 0. The molecule has 1 aromatic rings. The average Bonchev–Trinajstić information content (AvgIpc) is 2.73. The summed E-state index contributed by atoms with van der Waals surface area (Å²) in [4.78, 5) is 48.3. The molecule has 0 aromatic heterocycles. The van der Waals surface area contributed by atoms with Crippen molar-refractivity contribution in [2.75, 3.05) is 26.4 Å². The van der Waals surface area contributed by atoms with Crippen molar-refractivity contribution in [2.45, 2.75) is 13.8 Å². The van der Waals surface area contributed by atoms with Gasteiger partial charge in [0.05, 0.1) is 11.1 Å². The Morgan fingerprint density at radius 2 is 0.875 bits per heavy atom. The number of benzene rings is 1. The quantitative estimate of drug-likeness (QED) is 0.0809. The summed E-state index contributed by atoms with van der Waals surface area (Å²) in [5, 5.41) is 0. The smallest absolute Gasteiger partial charge is 0.340 e. The van der Waals surface area contributed by atoms with Gasteiger partial charge in [-0.3, -0.25) is 0 Å². The second-order valence-corrected chi connectivity index (χ2v) is 9.28. The molecule has 0 radical (unpaired) electrons. The van der Waals surface area contributed by atoms with Crippen molar-refractivity contribution in [1.82, 2.24) is 0 Å². The van der Waals surface area contributed by atoms with E-state index < -0.39 is 23.9 Å². The van der Waals surface area contributed by atoms with E-state index in [9.17, 15) is 19.2 Å². The lowest BCUT2D eigenvalue weighted by Gasteiger charge is -2.16. The van der Waals surface area contributed by atoms with Crippen molar-refractivity contribution in [3.63, 3.8) is 0 Å². The second-order valence-electron chi connectivity index (χ2n) is 6.11. The fraction of sp³-hybridized carbons (Fsp3) is 0.300. The molecule has 1 aromatic carbocycles. The molecular weight excluding hydrogens is 688 g/mol. The highest BCUT2D eigenvalue weighted by molar-refractivity contribution is 9.15. The molecule has 0 amide bonds. The summed E-state index contributed by atoms with van der Waals surface area (Å²) >= 11 is 13.2. The molecule has 0 heterocycles. The highest BCUT2D eigenvalue weighted by Crippen LogP contribution is 2.42. The van der Waals surface area contributed by atoms with Gasteiger partial charge in [-0.25, -0.2) is 19.2 Å². The van der Waals surface area contributed by atoms with E-state index in [1.54, 1.807) is 0 Å². The average molecular weight is 706 g/mol. The Kier molecular flexibility index (Phi) is 11.8. The minimum Gasteiger partial charge on any atom is -0.459 e. The van der Waals surface area contributed by atoms with Gasteiger partial charge in [-0.2, -0.15) is 0 Å². The molecule has 1 rings (SSSR count). The molecule has 0 N–H and O–H groups in total. The number of rotatable bonds is 10. The first-order chi connectivity index (χ1) is 14.9. The van der Waals surface area contributed by atoms with Crippen LogP contribution in [0.1, 0.15) is 34.6 Å². The molecule has 32 heavy (non-hydrogen) atoms. The van der Waals surface area contributed by atoms with E-state index >= 15 is 0 Å². The van der Waals surface area contributed by atoms with Gasteiger partial charge in [0.1, 0.15) is 26.4 Å². The lowest BCUT2D eigenvalue weighted by molar-refractivity contribution is -0.140. The molecule has 8 nitrogen and oxygen atoms in total. The topological polar surface area (TPSA) is 105 Å².